The number of rotatable bonds is 6. The Balaban J connectivity index is 1.28. The Morgan fingerprint density at radius 3 is 2.50 bits per heavy atom. The Morgan fingerprint density at radius 2 is 1.75 bits per heavy atom. The van der Waals surface area contributed by atoms with Crippen molar-refractivity contribution >= 4 is 51.6 Å². The molecule has 5 rings (SSSR count). The molecule has 0 unspecified atom stereocenters. The van der Waals surface area contributed by atoms with Gasteiger partial charge in [-0.2, -0.15) is 4.80 Å². The van der Waals surface area contributed by atoms with E-state index in [1.165, 1.54) is 5.56 Å². The standard InChI is InChI=1S/C26H24ClN5O3S/c1-2-3-4-16-5-8-18(9-6-16)32-30-21-14-19(27)20(15-22(21)31-32)28-26(36)29-25(33)17-7-10-23-24(13-17)35-12-11-34-23/h5-10,13-15H,2-4,11-12H2,1H3,(H2,28,29,33,36). The Hall–Kier alpha value is -3.69. The minimum Gasteiger partial charge on any atom is -0.486 e. The van der Waals surface area contributed by atoms with Gasteiger partial charge in [0, 0.05) is 5.56 Å². The first kappa shape index (κ1) is 24.0. The maximum atomic E-state index is 12.7. The fraction of sp³-hybridized carbons (Fsp3) is 0.231. The van der Waals surface area contributed by atoms with Gasteiger partial charge in [-0.3, -0.25) is 10.1 Å². The van der Waals surface area contributed by atoms with Crippen LogP contribution >= 0.6 is 23.8 Å². The van der Waals surface area contributed by atoms with Crippen molar-refractivity contribution in [2.24, 2.45) is 0 Å². The third kappa shape index (κ3) is 5.27. The molecular formula is C26H24ClN5O3S. The van der Waals surface area contributed by atoms with Crippen LogP contribution < -0.4 is 20.1 Å². The third-order valence-corrected chi connectivity index (χ3v) is 6.25. The molecule has 0 radical (unpaired) electrons. The lowest BCUT2D eigenvalue weighted by molar-refractivity contribution is 0.0976. The van der Waals surface area contributed by atoms with E-state index in [0.29, 0.717) is 52.0 Å². The molecule has 184 valence electrons. The molecule has 36 heavy (non-hydrogen) atoms. The molecule has 0 atom stereocenters. The number of nitrogens with zero attached hydrogens (tertiary/aromatic N) is 3. The summed E-state index contributed by atoms with van der Waals surface area (Å²) in [6, 6.07) is 16.7. The Labute approximate surface area is 218 Å². The van der Waals surface area contributed by atoms with E-state index in [4.69, 9.17) is 33.3 Å². The number of aromatic nitrogens is 3. The summed E-state index contributed by atoms with van der Waals surface area (Å²) in [6.45, 7) is 3.10. The van der Waals surface area contributed by atoms with Crippen LogP contribution in [0.3, 0.4) is 0 Å². The maximum absolute atomic E-state index is 12.7. The number of aryl methyl sites for hydroxylation is 1. The van der Waals surface area contributed by atoms with Gasteiger partial charge in [0.2, 0.25) is 0 Å². The fourth-order valence-corrected chi connectivity index (χ4v) is 4.25. The molecule has 0 saturated heterocycles. The van der Waals surface area contributed by atoms with Crippen molar-refractivity contribution in [2.75, 3.05) is 18.5 Å². The lowest BCUT2D eigenvalue weighted by atomic mass is 10.1. The number of benzene rings is 3. The molecule has 1 aliphatic rings. The van der Waals surface area contributed by atoms with Crippen LogP contribution in [0.5, 0.6) is 11.5 Å². The van der Waals surface area contributed by atoms with Crippen LogP contribution in [0, 0.1) is 0 Å². The van der Waals surface area contributed by atoms with E-state index in [-0.39, 0.29) is 11.0 Å². The third-order valence-electron chi connectivity index (χ3n) is 5.74. The molecule has 2 heterocycles. The van der Waals surface area contributed by atoms with E-state index in [9.17, 15) is 4.79 Å². The molecule has 0 spiro atoms. The lowest BCUT2D eigenvalue weighted by Crippen LogP contribution is -2.34. The van der Waals surface area contributed by atoms with Crippen molar-refractivity contribution < 1.29 is 14.3 Å². The van der Waals surface area contributed by atoms with Gasteiger partial charge in [0.25, 0.3) is 5.91 Å². The van der Waals surface area contributed by atoms with Crippen LogP contribution in [-0.2, 0) is 6.42 Å². The zero-order chi connectivity index (χ0) is 25.1. The SMILES string of the molecule is CCCCc1ccc(-n2nc3cc(Cl)c(NC(=S)NC(=O)c4ccc5c(c4)OCCO5)cc3n2)cc1. The Kier molecular flexibility index (Phi) is 7.02. The highest BCUT2D eigenvalue weighted by atomic mass is 35.5. The summed E-state index contributed by atoms with van der Waals surface area (Å²) in [5.41, 5.74) is 4.34. The molecule has 10 heteroatoms. The van der Waals surface area contributed by atoms with Crippen molar-refractivity contribution in [3.63, 3.8) is 0 Å². The van der Waals surface area contributed by atoms with Crippen LogP contribution in [-0.4, -0.2) is 39.2 Å². The Bertz CT molecular complexity index is 1440. The van der Waals surface area contributed by atoms with Crippen molar-refractivity contribution in [3.05, 3.63) is 70.7 Å². The van der Waals surface area contributed by atoms with Gasteiger partial charge in [0.05, 0.1) is 16.4 Å². The molecule has 1 amide bonds. The largest absolute Gasteiger partial charge is 0.486 e. The monoisotopic (exact) mass is 521 g/mol. The van der Waals surface area contributed by atoms with Crippen LogP contribution in [0.15, 0.2) is 54.6 Å². The second kappa shape index (κ2) is 10.5. The number of fused-ring (bicyclic) bond motifs is 2. The van der Waals surface area contributed by atoms with E-state index in [0.717, 1.165) is 24.9 Å². The number of amides is 1. The molecule has 1 aromatic heterocycles. The number of carbonyl (C=O) groups is 1. The van der Waals surface area contributed by atoms with Crippen LogP contribution in [0.1, 0.15) is 35.7 Å². The summed E-state index contributed by atoms with van der Waals surface area (Å²) >= 11 is 11.8. The number of hydrogen-bond donors (Lipinski definition) is 2. The second-order valence-electron chi connectivity index (χ2n) is 8.35. The highest BCUT2D eigenvalue weighted by molar-refractivity contribution is 7.80. The van der Waals surface area contributed by atoms with E-state index in [1.807, 2.05) is 12.1 Å². The molecule has 2 N–H and O–H groups in total. The molecule has 0 fully saturated rings. The number of nitrogens with one attached hydrogen (secondary N) is 2. The highest BCUT2D eigenvalue weighted by Crippen LogP contribution is 2.31. The number of carbonyl (C=O) groups excluding carboxylic acids is 1. The molecule has 1 aliphatic heterocycles. The van der Waals surface area contributed by atoms with Gasteiger partial charge in [0.1, 0.15) is 24.2 Å². The smallest absolute Gasteiger partial charge is 0.257 e. The molecule has 8 nitrogen and oxygen atoms in total. The van der Waals surface area contributed by atoms with Gasteiger partial charge in [-0.15, -0.1) is 10.2 Å². The van der Waals surface area contributed by atoms with Gasteiger partial charge in [-0.05, 0) is 73.1 Å². The van der Waals surface area contributed by atoms with Crippen molar-refractivity contribution in [1.82, 2.24) is 20.3 Å². The second-order valence-corrected chi connectivity index (χ2v) is 9.16. The maximum Gasteiger partial charge on any atom is 0.257 e. The zero-order valence-electron chi connectivity index (χ0n) is 19.6. The van der Waals surface area contributed by atoms with Gasteiger partial charge in [-0.25, -0.2) is 0 Å². The molecule has 0 aliphatic carbocycles. The van der Waals surface area contributed by atoms with E-state index >= 15 is 0 Å². The van der Waals surface area contributed by atoms with Crippen LogP contribution in [0.4, 0.5) is 5.69 Å². The summed E-state index contributed by atoms with van der Waals surface area (Å²) in [6.07, 6.45) is 3.38. The number of ether oxygens (including phenoxy) is 2. The highest BCUT2D eigenvalue weighted by Gasteiger charge is 2.17. The number of thiocarbonyl (C=S) groups is 1. The number of unbranched alkanes of at least 4 members (excludes halogenated alkanes) is 1. The van der Waals surface area contributed by atoms with Crippen LogP contribution in [0.25, 0.3) is 16.7 Å². The zero-order valence-corrected chi connectivity index (χ0v) is 21.2. The van der Waals surface area contributed by atoms with Gasteiger partial charge in [0.15, 0.2) is 16.6 Å². The van der Waals surface area contributed by atoms with Gasteiger partial charge >= 0.3 is 0 Å². The number of anilines is 1. The summed E-state index contributed by atoms with van der Waals surface area (Å²) in [4.78, 5) is 14.3. The topological polar surface area (TPSA) is 90.3 Å². The molecular weight excluding hydrogens is 498 g/mol. The molecule has 0 bridgehead atoms. The first-order valence-electron chi connectivity index (χ1n) is 11.7. The number of halogens is 1. The number of hydrogen-bond acceptors (Lipinski definition) is 6. The average molecular weight is 522 g/mol. The van der Waals surface area contributed by atoms with E-state index in [1.54, 1.807) is 35.1 Å². The fourth-order valence-electron chi connectivity index (χ4n) is 3.84. The molecule has 0 saturated carbocycles. The normalized spacial score (nSPS) is 12.4. The first-order valence-corrected chi connectivity index (χ1v) is 12.5. The van der Waals surface area contributed by atoms with E-state index in [2.05, 4.69) is 39.9 Å². The van der Waals surface area contributed by atoms with Gasteiger partial charge in [-0.1, -0.05) is 37.1 Å². The van der Waals surface area contributed by atoms with Crippen molar-refractivity contribution in [2.45, 2.75) is 26.2 Å². The molecule has 3 aromatic carbocycles. The first-order chi connectivity index (χ1) is 17.5. The molecule has 4 aromatic rings. The predicted molar refractivity (Wildman–Crippen MR) is 144 cm³/mol. The minimum absolute atomic E-state index is 0.103. The summed E-state index contributed by atoms with van der Waals surface area (Å²) in [5, 5.41) is 15.3. The van der Waals surface area contributed by atoms with Crippen molar-refractivity contribution in [3.8, 4) is 17.2 Å². The minimum atomic E-state index is -0.380. The summed E-state index contributed by atoms with van der Waals surface area (Å²) in [7, 11) is 0. The predicted octanol–water partition coefficient (Wildman–Crippen LogP) is 5.31. The average Bonchev–Trinajstić information content (AvgIpc) is 3.30. The van der Waals surface area contributed by atoms with Gasteiger partial charge < -0.3 is 14.8 Å². The van der Waals surface area contributed by atoms with E-state index < -0.39 is 0 Å². The van der Waals surface area contributed by atoms with Crippen LogP contribution in [0.2, 0.25) is 5.02 Å². The summed E-state index contributed by atoms with van der Waals surface area (Å²) in [5.74, 6) is 0.758. The Morgan fingerprint density at radius 1 is 1.03 bits per heavy atom. The quantitative estimate of drug-likeness (QED) is 0.332. The van der Waals surface area contributed by atoms with Crippen molar-refractivity contribution in [1.29, 1.82) is 0 Å². The lowest BCUT2D eigenvalue weighted by Gasteiger charge is -2.18. The summed E-state index contributed by atoms with van der Waals surface area (Å²) < 4.78 is 11.0.